The van der Waals surface area contributed by atoms with Crippen molar-refractivity contribution in [1.29, 1.82) is 0 Å². The Labute approximate surface area is 200 Å². The standard InChI is InChI=1S/C27H33FN2O4/c1-29(18-20-5-3-2-4-6-20)26(31)17-22-19-30(27(32)21-12-15-33-16-13-21)14-11-25(22)34-24-9-7-23(28)8-10-24/h2-10,21-22,25H,11-19H2,1H3/t22-,25-/m0/s1. The van der Waals surface area contributed by atoms with Crippen LogP contribution < -0.4 is 4.74 Å². The first-order valence-electron chi connectivity index (χ1n) is 12.1. The lowest BCUT2D eigenvalue weighted by atomic mass is 9.89. The Kier molecular flexibility index (Phi) is 8.16. The van der Waals surface area contributed by atoms with Gasteiger partial charge in [-0.2, -0.15) is 0 Å². The summed E-state index contributed by atoms with van der Waals surface area (Å²) >= 11 is 0. The largest absolute Gasteiger partial charge is 0.490 e. The molecule has 0 saturated carbocycles. The molecule has 0 radical (unpaired) electrons. The normalized spacial score (nSPS) is 21.2. The molecule has 7 heteroatoms. The van der Waals surface area contributed by atoms with Crippen LogP contribution in [0.1, 0.15) is 31.2 Å². The number of nitrogens with zero attached hydrogens (tertiary/aromatic N) is 2. The smallest absolute Gasteiger partial charge is 0.225 e. The average molecular weight is 469 g/mol. The van der Waals surface area contributed by atoms with E-state index in [1.807, 2.05) is 35.2 Å². The fourth-order valence-corrected chi connectivity index (χ4v) is 4.78. The predicted octanol–water partition coefficient (Wildman–Crippen LogP) is 3.90. The lowest BCUT2D eigenvalue weighted by Crippen LogP contribution is -2.51. The van der Waals surface area contributed by atoms with Crippen LogP contribution in [0.25, 0.3) is 0 Å². The Morgan fingerprint density at radius 3 is 2.47 bits per heavy atom. The monoisotopic (exact) mass is 468 g/mol. The molecule has 4 rings (SSSR count). The van der Waals surface area contributed by atoms with Crippen LogP contribution in [-0.2, 0) is 20.9 Å². The van der Waals surface area contributed by atoms with Crippen LogP contribution in [0.2, 0.25) is 0 Å². The number of likely N-dealkylation sites (tertiary alicyclic amines) is 1. The molecule has 0 aromatic heterocycles. The first-order valence-corrected chi connectivity index (χ1v) is 12.1. The van der Waals surface area contributed by atoms with E-state index >= 15 is 0 Å². The second kappa shape index (κ2) is 11.5. The van der Waals surface area contributed by atoms with Crippen LogP contribution in [0.3, 0.4) is 0 Å². The summed E-state index contributed by atoms with van der Waals surface area (Å²) in [6, 6.07) is 15.8. The highest BCUT2D eigenvalue weighted by atomic mass is 19.1. The van der Waals surface area contributed by atoms with Crippen LogP contribution in [0, 0.1) is 17.7 Å². The number of carbonyl (C=O) groups excluding carboxylic acids is 2. The molecule has 2 aliphatic heterocycles. The van der Waals surface area contributed by atoms with E-state index in [2.05, 4.69) is 0 Å². The Morgan fingerprint density at radius 1 is 1.06 bits per heavy atom. The molecule has 2 aliphatic rings. The second-order valence-electron chi connectivity index (χ2n) is 9.27. The minimum Gasteiger partial charge on any atom is -0.490 e. The molecule has 2 aromatic rings. The van der Waals surface area contributed by atoms with Crippen molar-refractivity contribution in [3.05, 3.63) is 66.0 Å². The Morgan fingerprint density at radius 2 is 1.76 bits per heavy atom. The summed E-state index contributed by atoms with van der Waals surface area (Å²) in [7, 11) is 1.80. The average Bonchev–Trinajstić information content (AvgIpc) is 2.87. The van der Waals surface area contributed by atoms with Crippen molar-refractivity contribution in [1.82, 2.24) is 9.80 Å². The molecular weight excluding hydrogens is 435 g/mol. The molecule has 2 atom stereocenters. The van der Waals surface area contributed by atoms with Gasteiger partial charge in [0.1, 0.15) is 17.7 Å². The maximum Gasteiger partial charge on any atom is 0.225 e. The Bertz CT molecular complexity index is 947. The van der Waals surface area contributed by atoms with Gasteiger partial charge in [0.05, 0.1) is 0 Å². The molecule has 2 heterocycles. The number of halogens is 1. The minimum absolute atomic E-state index is 0.0135. The highest BCUT2D eigenvalue weighted by Gasteiger charge is 2.37. The van der Waals surface area contributed by atoms with Gasteiger partial charge >= 0.3 is 0 Å². The zero-order chi connectivity index (χ0) is 23.9. The summed E-state index contributed by atoms with van der Waals surface area (Å²) in [5.41, 5.74) is 1.07. The zero-order valence-corrected chi connectivity index (χ0v) is 19.7. The van der Waals surface area contributed by atoms with Gasteiger partial charge in [-0.25, -0.2) is 4.39 Å². The number of hydrogen-bond acceptors (Lipinski definition) is 4. The summed E-state index contributed by atoms with van der Waals surface area (Å²) < 4.78 is 25.0. The maximum absolute atomic E-state index is 13.3. The zero-order valence-electron chi connectivity index (χ0n) is 19.7. The van der Waals surface area contributed by atoms with Gasteiger partial charge in [0, 0.05) is 64.6 Å². The second-order valence-corrected chi connectivity index (χ2v) is 9.27. The quantitative estimate of drug-likeness (QED) is 0.619. The lowest BCUT2D eigenvalue weighted by Gasteiger charge is -2.40. The van der Waals surface area contributed by atoms with E-state index in [9.17, 15) is 14.0 Å². The molecule has 2 aromatic carbocycles. The van der Waals surface area contributed by atoms with Crippen molar-refractivity contribution in [3.8, 4) is 5.75 Å². The molecule has 2 amide bonds. The van der Waals surface area contributed by atoms with Crippen molar-refractivity contribution in [3.63, 3.8) is 0 Å². The van der Waals surface area contributed by atoms with E-state index in [0.717, 1.165) is 18.4 Å². The molecule has 0 unspecified atom stereocenters. The fourth-order valence-electron chi connectivity index (χ4n) is 4.78. The lowest BCUT2D eigenvalue weighted by molar-refractivity contribution is -0.144. The first-order chi connectivity index (χ1) is 16.5. The number of rotatable bonds is 7. The van der Waals surface area contributed by atoms with Gasteiger partial charge in [-0.05, 0) is 42.7 Å². The predicted molar refractivity (Wildman–Crippen MR) is 127 cm³/mol. The molecule has 2 saturated heterocycles. The molecule has 0 aliphatic carbocycles. The number of piperidine rings is 1. The SMILES string of the molecule is CN(Cc1ccccc1)C(=O)C[C@H]1CN(C(=O)C2CCOCC2)CC[C@@H]1Oc1ccc(F)cc1. The van der Waals surface area contributed by atoms with Gasteiger partial charge in [-0.1, -0.05) is 30.3 Å². The number of benzene rings is 2. The molecule has 0 N–H and O–H groups in total. The van der Waals surface area contributed by atoms with Crippen LogP contribution >= 0.6 is 0 Å². The van der Waals surface area contributed by atoms with Gasteiger partial charge in [0.15, 0.2) is 0 Å². The van der Waals surface area contributed by atoms with Gasteiger partial charge in [-0.3, -0.25) is 9.59 Å². The van der Waals surface area contributed by atoms with Crippen molar-refractivity contribution >= 4 is 11.8 Å². The third kappa shape index (κ3) is 6.35. The van der Waals surface area contributed by atoms with Gasteiger partial charge in [-0.15, -0.1) is 0 Å². The van der Waals surface area contributed by atoms with Gasteiger partial charge < -0.3 is 19.3 Å². The van der Waals surface area contributed by atoms with Gasteiger partial charge in [0.25, 0.3) is 0 Å². The highest BCUT2D eigenvalue weighted by Crippen LogP contribution is 2.29. The Hall–Kier alpha value is -2.93. The first kappa shape index (κ1) is 24.2. The summed E-state index contributed by atoms with van der Waals surface area (Å²) in [4.78, 5) is 29.9. The van der Waals surface area contributed by atoms with Crippen LogP contribution in [-0.4, -0.2) is 61.1 Å². The van der Waals surface area contributed by atoms with Crippen molar-refractivity contribution in [2.24, 2.45) is 11.8 Å². The number of amides is 2. The van der Waals surface area contributed by atoms with Gasteiger partial charge in [0.2, 0.25) is 11.8 Å². The maximum atomic E-state index is 13.3. The van der Waals surface area contributed by atoms with Crippen molar-refractivity contribution in [2.75, 3.05) is 33.4 Å². The summed E-state index contributed by atoms with van der Waals surface area (Å²) in [6.07, 6.45) is 2.18. The summed E-state index contributed by atoms with van der Waals surface area (Å²) in [5, 5.41) is 0. The topological polar surface area (TPSA) is 59.1 Å². The number of hydrogen-bond donors (Lipinski definition) is 0. The number of ether oxygens (including phenoxy) is 2. The third-order valence-corrected chi connectivity index (χ3v) is 6.77. The number of carbonyl (C=O) groups is 2. The van der Waals surface area contributed by atoms with E-state index in [1.165, 1.54) is 12.1 Å². The van der Waals surface area contributed by atoms with Crippen LogP contribution in [0.15, 0.2) is 54.6 Å². The van der Waals surface area contributed by atoms with E-state index in [1.54, 1.807) is 24.1 Å². The van der Waals surface area contributed by atoms with E-state index < -0.39 is 0 Å². The highest BCUT2D eigenvalue weighted by molar-refractivity contribution is 5.79. The molecule has 0 bridgehead atoms. The fraction of sp³-hybridized carbons (Fsp3) is 0.481. The summed E-state index contributed by atoms with van der Waals surface area (Å²) in [5.74, 6) is 0.262. The Balaban J connectivity index is 1.44. The molecule has 182 valence electrons. The van der Waals surface area contributed by atoms with Crippen molar-refractivity contribution in [2.45, 2.75) is 38.3 Å². The molecule has 2 fully saturated rings. The van der Waals surface area contributed by atoms with E-state index in [-0.39, 0.29) is 42.0 Å². The molecule has 0 spiro atoms. The van der Waals surface area contributed by atoms with E-state index in [4.69, 9.17) is 9.47 Å². The molecule has 34 heavy (non-hydrogen) atoms. The van der Waals surface area contributed by atoms with E-state index in [0.29, 0.717) is 45.0 Å². The van der Waals surface area contributed by atoms with Crippen molar-refractivity contribution < 1.29 is 23.5 Å². The summed E-state index contributed by atoms with van der Waals surface area (Å²) in [6.45, 7) is 2.83. The molecule has 6 nitrogen and oxygen atoms in total. The van der Waals surface area contributed by atoms with Crippen LogP contribution in [0.4, 0.5) is 4.39 Å². The van der Waals surface area contributed by atoms with Crippen LogP contribution in [0.5, 0.6) is 5.75 Å². The minimum atomic E-state index is -0.321. The molecular formula is C27H33FN2O4. The third-order valence-electron chi connectivity index (χ3n) is 6.77.